The van der Waals surface area contributed by atoms with Gasteiger partial charge < -0.3 is 15.7 Å². The van der Waals surface area contributed by atoms with Gasteiger partial charge in [-0.15, -0.1) is 0 Å². The van der Waals surface area contributed by atoms with Crippen molar-refractivity contribution in [2.45, 2.75) is 43.9 Å². The van der Waals surface area contributed by atoms with Crippen LogP contribution in [0.25, 0.3) is 0 Å². The maximum Gasteiger partial charge on any atom is 0.329 e. The highest BCUT2D eigenvalue weighted by Gasteiger charge is 2.42. The van der Waals surface area contributed by atoms with Crippen LogP contribution in [0.15, 0.2) is 9.59 Å². The number of H-pyrrole nitrogens is 1. The van der Waals surface area contributed by atoms with Crippen LogP contribution in [0.1, 0.15) is 25.7 Å². The van der Waals surface area contributed by atoms with Gasteiger partial charge in [0.05, 0.1) is 6.10 Å². The highest BCUT2D eigenvalue weighted by molar-refractivity contribution is 5.64. The van der Waals surface area contributed by atoms with Crippen LogP contribution in [-0.2, 0) is 7.05 Å². The van der Waals surface area contributed by atoms with E-state index in [0.717, 1.165) is 12.8 Å². The summed E-state index contributed by atoms with van der Waals surface area (Å²) in [5, 5.41) is 9.79. The SMILES string of the molecule is Cn1c(N)c(N2C3CCC2CC(O)C3)c(=O)[nH]c1=O. The summed E-state index contributed by atoms with van der Waals surface area (Å²) < 4.78 is 1.25. The molecule has 0 spiro atoms. The molecule has 2 unspecified atom stereocenters. The molecule has 1 aromatic rings. The number of aliphatic hydroxyl groups excluding tert-OH is 1. The third-order valence-corrected chi connectivity index (χ3v) is 4.31. The summed E-state index contributed by atoms with van der Waals surface area (Å²) in [6.07, 6.45) is 2.89. The zero-order valence-electron chi connectivity index (χ0n) is 10.8. The molecule has 0 aliphatic carbocycles. The number of fused-ring (bicyclic) bond motifs is 2. The molecule has 2 aliphatic heterocycles. The molecule has 3 heterocycles. The number of nitrogens with one attached hydrogen (secondary N) is 1. The number of aliphatic hydroxyl groups is 1. The zero-order chi connectivity index (χ0) is 13.7. The van der Waals surface area contributed by atoms with E-state index in [1.807, 2.05) is 4.90 Å². The average Bonchev–Trinajstić information content (AvgIpc) is 2.59. The second kappa shape index (κ2) is 4.12. The second-order valence-corrected chi connectivity index (χ2v) is 5.47. The molecule has 2 atom stereocenters. The smallest absolute Gasteiger partial charge is 0.329 e. The molecule has 0 saturated carbocycles. The summed E-state index contributed by atoms with van der Waals surface area (Å²) in [7, 11) is 1.54. The molecule has 2 saturated heterocycles. The lowest BCUT2D eigenvalue weighted by molar-refractivity contribution is 0.126. The van der Waals surface area contributed by atoms with Crippen LogP contribution in [0.4, 0.5) is 11.5 Å². The molecule has 2 aliphatic rings. The van der Waals surface area contributed by atoms with Crippen LogP contribution in [0.2, 0.25) is 0 Å². The molecular weight excluding hydrogens is 248 g/mol. The Balaban J connectivity index is 2.12. The maximum absolute atomic E-state index is 12.1. The van der Waals surface area contributed by atoms with Gasteiger partial charge in [-0.1, -0.05) is 0 Å². The topological polar surface area (TPSA) is 104 Å². The Morgan fingerprint density at radius 2 is 1.84 bits per heavy atom. The largest absolute Gasteiger partial charge is 0.393 e. The van der Waals surface area contributed by atoms with Crippen molar-refractivity contribution < 1.29 is 5.11 Å². The van der Waals surface area contributed by atoms with Gasteiger partial charge in [-0.2, -0.15) is 0 Å². The van der Waals surface area contributed by atoms with Gasteiger partial charge in [-0.05, 0) is 25.7 Å². The number of hydrogen-bond acceptors (Lipinski definition) is 5. The first-order valence-electron chi connectivity index (χ1n) is 6.54. The average molecular weight is 266 g/mol. The number of aromatic nitrogens is 2. The molecule has 7 heteroatoms. The van der Waals surface area contributed by atoms with E-state index >= 15 is 0 Å². The van der Waals surface area contributed by atoms with Crippen LogP contribution in [0.5, 0.6) is 0 Å². The van der Waals surface area contributed by atoms with Crippen molar-refractivity contribution in [2.24, 2.45) is 7.05 Å². The Labute approximate surface area is 109 Å². The monoisotopic (exact) mass is 266 g/mol. The van der Waals surface area contributed by atoms with Crippen LogP contribution in [0.3, 0.4) is 0 Å². The van der Waals surface area contributed by atoms with Crippen molar-refractivity contribution in [1.29, 1.82) is 0 Å². The third-order valence-electron chi connectivity index (χ3n) is 4.31. The summed E-state index contributed by atoms with van der Waals surface area (Å²) in [6.45, 7) is 0. The van der Waals surface area contributed by atoms with Crippen molar-refractivity contribution in [1.82, 2.24) is 9.55 Å². The Kier molecular flexibility index (Phi) is 2.67. The van der Waals surface area contributed by atoms with E-state index < -0.39 is 11.2 Å². The fourth-order valence-electron chi connectivity index (χ4n) is 3.39. The van der Waals surface area contributed by atoms with Gasteiger partial charge in [0.25, 0.3) is 5.56 Å². The minimum atomic E-state index is -0.504. The fourth-order valence-corrected chi connectivity index (χ4v) is 3.39. The Morgan fingerprint density at radius 1 is 1.26 bits per heavy atom. The van der Waals surface area contributed by atoms with Gasteiger partial charge in [0.2, 0.25) is 0 Å². The van der Waals surface area contributed by atoms with E-state index in [-0.39, 0.29) is 24.0 Å². The molecule has 0 radical (unpaired) electrons. The van der Waals surface area contributed by atoms with Crippen LogP contribution in [-0.4, -0.2) is 32.8 Å². The lowest BCUT2D eigenvalue weighted by Gasteiger charge is -2.38. The number of hydrogen-bond donors (Lipinski definition) is 3. The van der Waals surface area contributed by atoms with E-state index in [2.05, 4.69) is 4.98 Å². The summed E-state index contributed by atoms with van der Waals surface area (Å²) in [5.74, 6) is 0.196. The number of anilines is 2. The second-order valence-electron chi connectivity index (χ2n) is 5.47. The summed E-state index contributed by atoms with van der Waals surface area (Å²) in [5.41, 5.74) is 5.38. The molecule has 1 aromatic heterocycles. The van der Waals surface area contributed by atoms with Crippen LogP contribution in [0, 0.1) is 0 Å². The molecule has 4 N–H and O–H groups in total. The standard InChI is InChI=1S/C12H18N4O3/c1-15-10(13)9(11(18)14-12(15)19)16-6-2-3-7(16)5-8(17)4-6/h6-8,17H,2-5,13H2,1H3,(H,14,18,19). The fraction of sp³-hybridized carbons (Fsp3) is 0.667. The Hall–Kier alpha value is -1.76. The lowest BCUT2D eigenvalue weighted by Crippen LogP contribution is -2.48. The molecule has 7 nitrogen and oxygen atoms in total. The quantitative estimate of drug-likeness (QED) is 0.614. The molecule has 104 valence electrons. The zero-order valence-corrected chi connectivity index (χ0v) is 10.8. The minimum Gasteiger partial charge on any atom is -0.393 e. The number of nitrogens with two attached hydrogens (primary N) is 1. The van der Waals surface area contributed by atoms with Crippen molar-refractivity contribution >= 4 is 11.5 Å². The van der Waals surface area contributed by atoms with Crippen LogP contribution >= 0.6 is 0 Å². The highest BCUT2D eigenvalue weighted by Crippen LogP contribution is 2.39. The lowest BCUT2D eigenvalue weighted by atomic mass is 9.99. The summed E-state index contributed by atoms with van der Waals surface area (Å²) in [6, 6.07) is 0.268. The molecule has 3 rings (SSSR count). The van der Waals surface area contributed by atoms with Gasteiger partial charge in [0.1, 0.15) is 11.5 Å². The van der Waals surface area contributed by atoms with Gasteiger partial charge in [-0.25, -0.2) is 4.79 Å². The third kappa shape index (κ3) is 1.76. The number of piperidine rings is 1. The van der Waals surface area contributed by atoms with Crippen molar-refractivity contribution in [2.75, 3.05) is 10.6 Å². The molecule has 19 heavy (non-hydrogen) atoms. The van der Waals surface area contributed by atoms with Crippen molar-refractivity contribution in [3.05, 3.63) is 20.8 Å². The summed E-state index contributed by atoms with van der Waals surface area (Å²) >= 11 is 0. The molecule has 2 fully saturated rings. The van der Waals surface area contributed by atoms with E-state index in [4.69, 9.17) is 5.73 Å². The number of aromatic amines is 1. The minimum absolute atomic E-state index is 0.134. The molecule has 2 bridgehead atoms. The predicted molar refractivity (Wildman–Crippen MR) is 71.2 cm³/mol. The number of nitrogens with zero attached hydrogens (tertiary/aromatic N) is 2. The van der Waals surface area contributed by atoms with Crippen molar-refractivity contribution in [3.8, 4) is 0 Å². The molecule has 0 amide bonds. The number of rotatable bonds is 1. The Bertz CT molecular complexity index is 606. The first-order valence-corrected chi connectivity index (χ1v) is 6.54. The summed E-state index contributed by atoms with van der Waals surface area (Å²) in [4.78, 5) is 27.8. The van der Waals surface area contributed by atoms with Crippen molar-refractivity contribution in [3.63, 3.8) is 0 Å². The van der Waals surface area contributed by atoms with E-state index in [0.29, 0.717) is 18.5 Å². The van der Waals surface area contributed by atoms with E-state index in [9.17, 15) is 14.7 Å². The van der Waals surface area contributed by atoms with E-state index in [1.54, 1.807) is 0 Å². The first kappa shape index (κ1) is 12.3. The number of nitrogen functional groups attached to an aromatic ring is 1. The normalized spacial score (nSPS) is 29.8. The Morgan fingerprint density at radius 3 is 2.42 bits per heavy atom. The highest BCUT2D eigenvalue weighted by atomic mass is 16.3. The molecular formula is C12H18N4O3. The van der Waals surface area contributed by atoms with Gasteiger partial charge in [0, 0.05) is 19.1 Å². The first-order chi connectivity index (χ1) is 8.99. The van der Waals surface area contributed by atoms with Gasteiger partial charge in [0.15, 0.2) is 0 Å². The van der Waals surface area contributed by atoms with Gasteiger partial charge in [-0.3, -0.25) is 14.3 Å². The predicted octanol–water partition coefficient (Wildman–Crippen LogP) is -0.852. The van der Waals surface area contributed by atoms with Crippen LogP contribution < -0.4 is 21.9 Å². The maximum atomic E-state index is 12.1. The van der Waals surface area contributed by atoms with Gasteiger partial charge >= 0.3 is 5.69 Å². The van der Waals surface area contributed by atoms with E-state index in [1.165, 1.54) is 11.6 Å². The molecule has 0 aromatic carbocycles.